The molecular weight excluding hydrogens is 166 g/mol. The Bertz CT molecular complexity index is 222. The number of hydrogen-bond donors (Lipinski definition) is 2. The summed E-state index contributed by atoms with van der Waals surface area (Å²) in [7, 11) is 1.55. The van der Waals surface area contributed by atoms with Gasteiger partial charge in [0.2, 0.25) is 11.1 Å². The lowest BCUT2D eigenvalue weighted by molar-refractivity contribution is -0.116. The zero-order valence-electron chi connectivity index (χ0n) is 5.74. The van der Waals surface area contributed by atoms with Crippen LogP contribution in [0.25, 0.3) is 0 Å². The second-order valence-electron chi connectivity index (χ2n) is 1.56. The number of hydrogen-bond acceptors (Lipinski definition) is 5. The van der Waals surface area contributed by atoms with Crippen molar-refractivity contribution in [3.63, 3.8) is 0 Å². The molecule has 1 aromatic rings. The van der Waals surface area contributed by atoms with Gasteiger partial charge in [-0.1, -0.05) is 11.8 Å². The fourth-order valence-corrected chi connectivity index (χ4v) is 0.882. The Morgan fingerprint density at radius 1 is 1.82 bits per heavy atom. The number of amides is 1. The lowest BCUT2D eigenvalue weighted by Gasteiger charge is -1.93. The van der Waals surface area contributed by atoms with E-state index >= 15 is 0 Å². The normalized spacial score (nSPS) is 9.55. The Balaban J connectivity index is 2.29. The van der Waals surface area contributed by atoms with Gasteiger partial charge in [0.25, 0.3) is 0 Å². The molecule has 0 spiro atoms. The first-order valence-corrected chi connectivity index (χ1v) is 3.66. The van der Waals surface area contributed by atoms with Crippen molar-refractivity contribution in [2.24, 2.45) is 0 Å². The van der Waals surface area contributed by atoms with E-state index in [2.05, 4.69) is 25.9 Å². The number of carbonyl (C=O) groups is 1. The third-order valence-electron chi connectivity index (χ3n) is 0.850. The van der Waals surface area contributed by atoms with Crippen LogP contribution in [0.5, 0.6) is 0 Å². The Kier molecular flexibility index (Phi) is 2.84. The van der Waals surface area contributed by atoms with Crippen LogP contribution in [0.3, 0.4) is 0 Å². The average molecular weight is 172 g/mol. The van der Waals surface area contributed by atoms with E-state index in [1.165, 1.54) is 5.75 Å². The largest absolute Gasteiger partial charge is 0.358 e. The minimum absolute atomic E-state index is 0.175. The van der Waals surface area contributed by atoms with E-state index < -0.39 is 0 Å². The Morgan fingerprint density at radius 3 is 3.18 bits per heavy atom. The summed E-state index contributed by atoms with van der Waals surface area (Å²) in [5.74, 6) is 1.20. The monoisotopic (exact) mass is 172 g/mol. The minimum Gasteiger partial charge on any atom is -0.358 e. The summed E-state index contributed by atoms with van der Waals surface area (Å²) < 4.78 is 0. The first-order valence-electron chi connectivity index (χ1n) is 2.78. The maximum Gasteiger partial charge on any atom is 0.235 e. The molecule has 2 N–H and O–H groups in total. The van der Waals surface area contributed by atoms with Crippen molar-refractivity contribution in [1.82, 2.24) is 25.9 Å². The molecule has 0 atom stereocenters. The summed E-state index contributed by atoms with van der Waals surface area (Å²) in [6, 6.07) is 0. The van der Waals surface area contributed by atoms with Gasteiger partial charge in [-0.25, -0.2) is 5.10 Å². The molecule has 1 radical (unpaired) electrons. The van der Waals surface area contributed by atoms with Crippen LogP contribution in [0, 0.1) is 5.75 Å². The number of aromatic amines is 1. The second kappa shape index (κ2) is 3.91. The fourth-order valence-electron chi connectivity index (χ4n) is 0.369. The van der Waals surface area contributed by atoms with Gasteiger partial charge < -0.3 is 5.32 Å². The SMILES string of the molecule is CNC(=O)[CH]Sc1nnn[nH]1. The van der Waals surface area contributed by atoms with Crippen molar-refractivity contribution in [2.75, 3.05) is 7.05 Å². The molecule has 1 amide bonds. The second-order valence-corrected chi connectivity index (χ2v) is 2.41. The van der Waals surface area contributed by atoms with Crippen LogP contribution in [0.2, 0.25) is 0 Å². The van der Waals surface area contributed by atoms with Crippen molar-refractivity contribution in [3.05, 3.63) is 5.75 Å². The molecule has 0 saturated carbocycles. The van der Waals surface area contributed by atoms with E-state index in [1.54, 1.807) is 7.05 Å². The first-order chi connectivity index (χ1) is 5.33. The van der Waals surface area contributed by atoms with Gasteiger partial charge in [-0.2, -0.15) is 0 Å². The Hall–Kier alpha value is -1.11. The standard InChI is InChI=1S/C4H6N5OS/c1-5-3(10)2-11-4-6-8-9-7-4/h2H,1H3,(H,5,10)(H,6,7,8,9). The number of aromatic nitrogens is 4. The number of nitrogens with zero attached hydrogens (tertiary/aromatic N) is 3. The zero-order valence-corrected chi connectivity index (χ0v) is 6.55. The molecule has 0 aliphatic carbocycles. The maximum atomic E-state index is 10.6. The number of H-pyrrole nitrogens is 1. The average Bonchev–Trinajstić information content (AvgIpc) is 2.52. The predicted molar refractivity (Wildman–Crippen MR) is 38.4 cm³/mol. The highest BCUT2D eigenvalue weighted by atomic mass is 32.2. The summed E-state index contributed by atoms with van der Waals surface area (Å²) >= 11 is 1.13. The van der Waals surface area contributed by atoms with Gasteiger partial charge in [0, 0.05) is 7.05 Å². The fraction of sp³-hybridized carbons (Fsp3) is 0.250. The zero-order chi connectivity index (χ0) is 8.10. The predicted octanol–water partition coefficient (Wildman–Crippen LogP) is -0.800. The van der Waals surface area contributed by atoms with E-state index in [4.69, 9.17) is 0 Å². The summed E-state index contributed by atoms with van der Waals surface area (Å²) in [4.78, 5) is 10.6. The van der Waals surface area contributed by atoms with Gasteiger partial charge in [0.1, 0.15) is 5.75 Å². The quantitative estimate of drug-likeness (QED) is 0.583. The van der Waals surface area contributed by atoms with Gasteiger partial charge >= 0.3 is 0 Å². The summed E-state index contributed by atoms with van der Waals surface area (Å²) in [5.41, 5.74) is 0. The van der Waals surface area contributed by atoms with E-state index in [0.717, 1.165) is 11.8 Å². The lowest BCUT2D eigenvalue weighted by Crippen LogP contribution is -2.16. The molecule has 0 saturated heterocycles. The van der Waals surface area contributed by atoms with Crippen LogP contribution in [0.4, 0.5) is 0 Å². The Morgan fingerprint density at radius 2 is 2.64 bits per heavy atom. The molecule has 1 heterocycles. The topological polar surface area (TPSA) is 83.6 Å². The number of tetrazole rings is 1. The van der Waals surface area contributed by atoms with Crippen LogP contribution in [0.15, 0.2) is 5.16 Å². The smallest absolute Gasteiger partial charge is 0.235 e. The first kappa shape index (κ1) is 7.99. The van der Waals surface area contributed by atoms with Crippen LogP contribution in [0.1, 0.15) is 0 Å². The van der Waals surface area contributed by atoms with E-state index in [-0.39, 0.29) is 5.91 Å². The number of carbonyl (C=O) groups excluding carboxylic acids is 1. The third-order valence-corrected chi connectivity index (χ3v) is 1.58. The van der Waals surface area contributed by atoms with E-state index in [0.29, 0.717) is 5.16 Å². The third kappa shape index (κ3) is 2.54. The molecule has 1 rings (SSSR count). The molecule has 0 aliphatic rings. The van der Waals surface area contributed by atoms with Crippen LogP contribution >= 0.6 is 11.8 Å². The molecule has 0 aromatic carbocycles. The molecule has 0 unspecified atom stereocenters. The van der Waals surface area contributed by atoms with Gasteiger partial charge in [-0.3, -0.25) is 4.79 Å². The van der Waals surface area contributed by atoms with E-state index in [9.17, 15) is 4.79 Å². The lowest BCUT2D eigenvalue weighted by atomic mass is 10.7. The van der Waals surface area contributed by atoms with Crippen LogP contribution in [-0.4, -0.2) is 33.6 Å². The van der Waals surface area contributed by atoms with Gasteiger partial charge in [-0.15, -0.1) is 5.10 Å². The molecule has 6 nitrogen and oxygen atoms in total. The van der Waals surface area contributed by atoms with Crippen molar-refractivity contribution in [1.29, 1.82) is 0 Å². The summed E-state index contributed by atoms with van der Waals surface area (Å²) in [6.07, 6.45) is 0. The minimum atomic E-state index is -0.175. The number of rotatable bonds is 3. The molecule has 7 heteroatoms. The maximum absolute atomic E-state index is 10.6. The summed E-state index contributed by atoms with van der Waals surface area (Å²) in [6.45, 7) is 0. The van der Waals surface area contributed by atoms with Crippen molar-refractivity contribution < 1.29 is 4.79 Å². The number of thioether (sulfide) groups is 1. The molecule has 11 heavy (non-hydrogen) atoms. The molecule has 1 aromatic heterocycles. The van der Waals surface area contributed by atoms with Crippen LogP contribution in [-0.2, 0) is 4.79 Å². The van der Waals surface area contributed by atoms with Gasteiger partial charge in [-0.05, 0) is 10.4 Å². The molecule has 0 bridgehead atoms. The summed E-state index contributed by atoms with van der Waals surface area (Å²) in [5, 5.41) is 15.6. The highest BCUT2D eigenvalue weighted by Gasteiger charge is 2.02. The van der Waals surface area contributed by atoms with Crippen molar-refractivity contribution in [2.45, 2.75) is 5.16 Å². The molecule has 59 valence electrons. The van der Waals surface area contributed by atoms with Gasteiger partial charge in [0.05, 0.1) is 0 Å². The number of nitrogens with one attached hydrogen (secondary N) is 2. The van der Waals surface area contributed by atoms with Crippen molar-refractivity contribution in [3.8, 4) is 0 Å². The van der Waals surface area contributed by atoms with Crippen molar-refractivity contribution >= 4 is 17.7 Å². The highest BCUT2D eigenvalue weighted by molar-refractivity contribution is 8.01. The van der Waals surface area contributed by atoms with Crippen LogP contribution < -0.4 is 5.32 Å². The van der Waals surface area contributed by atoms with E-state index in [1.807, 2.05) is 0 Å². The molecular formula is C4H6N5OS. The molecule has 0 fully saturated rings. The molecule has 0 aliphatic heterocycles. The highest BCUT2D eigenvalue weighted by Crippen LogP contribution is 2.12. The van der Waals surface area contributed by atoms with Gasteiger partial charge in [0.15, 0.2) is 0 Å². The Labute approximate surface area is 67.1 Å².